The van der Waals surface area contributed by atoms with E-state index in [0.29, 0.717) is 10.7 Å². The van der Waals surface area contributed by atoms with E-state index in [1.54, 1.807) is 6.07 Å². The van der Waals surface area contributed by atoms with E-state index in [2.05, 4.69) is 36.0 Å². The van der Waals surface area contributed by atoms with E-state index in [0.717, 1.165) is 21.6 Å². The molecule has 82 valence electrons. The molecule has 1 aromatic carbocycles. The van der Waals surface area contributed by atoms with Crippen LogP contribution in [0.4, 0.5) is 5.13 Å². The number of rotatable bonds is 2. The molecule has 0 aliphatic heterocycles. The van der Waals surface area contributed by atoms with Crippen LogP contribution >= 0.6 is 27.5 Å². The summed E-state index contributed by atoms with van der Waals surface area (Å²) in [6.45, 7) is 1.87. The molecule has 0 saturated carbocycles. The Morgan fingerprint density at radius 2 is 2.31 bits per heavy atom. The second kappa shape index (κ2) is 4.67. The van der Waals surface area contributed by atoms with Crippen LogP contribution in [0.15, 0.2) is 22.7 Å². The molecule has 0 unspecified atom stereocenters. The lowest BCUT2D eigenvalue weighted by Gasteiger charge is -2.04. The molecule has 16 heavy (non-hydrogen) atoms. The Labute approximate surface area is 104 Å². The first-order chi connectivity index (χ1) is 7.66. The number of nitrogens with zero attached hydrogens (tertiary/aromatic N) is 3. The Balaban J connectivity index is 2.24. The minimum absolute atomic E-state index is 0.211. The molecule has 1 aromatic heterocycles. The summed E-state index contributed by atoms with van der Waals surface area (Å²) in [5, 5.41) is 10.1. The predicted octanol–water partition coefficient (Wildman–Crippen LogP) is 2.26. The number of benzene rings is 1. The molecule has 0 saturated heterocycles. The van der Waals surface area contributed by atoms with Crippen LogP contribution < -0.4 is 5.32 Å². The fraction of sp³-hybridized carbons (Fsp3) is 0.111. The van der Waals surface area contributed by atoms with Gasteiger partial charge in [0.1, 0.15) is 0 Å². The number of aromatic nitrogens is 3. The van der Waals surface area contributed by atoms with Crippen LogP contribution in [0, 0.1) is 6.92 Å². The van der Waals surface area contributed by atoms with Crippen LogP contribution in [0.2, 0.25) is 0 Å². The molecule has 0 fully saturated rings. The fourth-order valence-electron chi connectivity index (χ4n) is 1.19. The Kier molecular flexibility index (Phi) is 3.25. The molecule has 2 aromatic rings. The highest BCUT2D eigenvalue weighted by atomic mass is 79.9. The number of anilines is 1. The van der Waals surface area contributed by atoms with E-state index in [1.165, 1.54) is 0 Å². The van der Waals surface area contributed by atoms with Gasteiger partial charge >= 0.3 is 0 Å². The highest BCUT2D eigenvalue weighted by molar-refractivity contribution is 9.10. The monoisotopic (exact) mass is 298 g/mol. The summed E-state index contributed by atoms with van der Waals surface area (Å²) in [4.78, 5) is 11.9. The predicted molar refractivity (Wildman–Crippen MR) is 64.5 cm³/mol. The van der Waals surface area contributed by atoms with E-state index >= 15 is 0 Å². The average Bonchev–Trinajstić information content (AvgIpc) is 2.74. The first kappa shape index (κ1) is 11.2. The highest BCUT2D eigenvalue weighted by Crippen LogP contribution is 2.17. The van der Waals surface area contributed by atoms with Gasteiger partial charge in [-0.25, -0.2) is 0 Å². The Morgan fingerprint density at radius 1 is 1.50 bits per heavy atom. The lowest BCUT2D eigenvalue weighted by Crippen LogP contribution is -2.13. The van der Waals surface area contributed by atoms with Crippen molar-refractivity contribution in [2.24, 2.45) is 0 Å². The standard InChI is InChI=1S/C9H7BrN4OS/c1-5-2-3-6(10)4-7(5)8(15)11-9-12-13-14-16-9/h2-4H,1H3,(H,11,12,14,15). The maximum atomic E-state index is 11.9. The van der Waals surface area contributed by atoms with Gasteiger partial charge in [0.25, 0.3) is 5.91 Å². The summed E-state index contributed by atoms with van der Waals surface area (Å²) in [5.74, 6) is -0.211. The average molecular weight is 299 g/mol. The number of hydrogen-bond acceptors (Lipinski definition) is 5. The largest absolute Gasteiger partial charge is 0.295 e. The van der Waals surface area contributed by atoms with Crippen LogP contribution in [-0.2, 0) is 0 Å². The van der Waals surface area contributed by atoms with Gasteiger partial charge in [0.05, 0.1) is 0 Å². The molecular formula is C9H7BrN4OS. The minimum atomic E-state index is -0.211. The lowest BCUT2D eigenvalue weighted by molar-refractivity contribution is 0.102. The normalized spacial score (nSPS) is 10.1. The van der Waals surface area contributed by atoms with E-state index in [1.807, 2.05) is 19.1 Å². The molecule has 0 aliphatic carbocycles. The Bertz CT molecular complexity index is 514. The molecule has 1 N–H and O–H groups in total. The topological polar surface area (TPSA) is 67.8 Å². The van der Waals surface area contributed by atoms with E-state index < -0.39 is 0 Å². The van der Waals surface area contributed by atoms with Gasteiger partial charge in [-0.3, -0.25) is 10.1 Å². The van der Waals surface area contributed by atoms with Crippen molar-refractivity contribution in [1.82, 2.24) is 14.8 Å². The van der Waals surface area contributed by atoms with Crippen LogP contribution in [0.25, 0.3) is 0 Å². The number of hydrogen-bond donors (Lipinski definition) is 1. The summed E-state index contributed by atoms with van der Waals surface area (Å²) >= 11 is 4.36. The van der Waals surface area contributed by atoms with Crippen molar-refractivity contribution in [3.63, 3.8) is 0 Å². The highest BCUT2D eigenvalue weighted by Gasteiger charge is 2.11. The summed E-state index contributed by atoms with van der Waals surface area (Å²) in [5.41, 5.74) is 1.50. The molecule has 5 nitrogen and oxygen atoms in total. The molecule has 2 rings (SSSR count). The van der Waals surface area contributed by atoms with Crippen molar-refractivity contribution in [3.8, 4) is 0 Å². The van der Waals surface area contributed by atoms with Gasteiger partial charge in [-0.15, -0.1) is 0 Å². The second-order valence-electron chi connectivity index (χ2n) is 3.08. The Morgan fingerprint density at radius 3 is 3.00 bits per heavy atom. The molecule has 0 bridgehead atoms. The lowest BCUT2D eigenvalue weighted by atomic mass is 10.1. The van der Waals surface area contributed by atoms with E-state index in [-0.39, 0.29) is 5.91 Å². The Hall–Kier alpha value is -1.34. The van der Waals surface area contributed by atoms with E-state index in [9.17, 15) is 4.79 Å². The van der Waals surface area contributed by atoms with Gasteiger partial charge in [-0.1, -0.05) is 31.6 Å². The van der Waals surface area contributed by atoms with E-state index in [4.69, 9.17) is 0 Å². The molecule has 7 heteroatoms. The first-order valence-corrected chi connectivity index (χ1v) is 5.96. The number of halogens is 1. The minimum Gasteiger partial charge on any atom is -0.295 e. The van der Waals surface area contributed by atoms with Crippen LogP contribution in [0.5, 0.6) is 0 Å². The van der Waals surface area contributed by atoms with Crippen molar-refractivity contribution < 1.29 is 4.79 Å². The van der Waals surface area contributed by atoms with Gasteiger partial charge in [0, 0.05) is 21.6 Å². The van der Waals surface area contributed by atoms with Gasteiger partial charge in [0.15, 0.2) is 0 Å². The van der Waals surface area contributed by atoms with Gasteiger partial charge in [0.2, 0.25) is 5.13 Å². The van der Waals surface area contributed by atoms with Gasteiger partial charge < -0.3 is 0 Å². The number of carbonyl (C=O) groups is 1. The maximum absolute atomic E-state index is 11.9. The smallest absolute Gasteiger partial charge is 0.257 e. The zero-order valence-corrected chi connectivity index (χ0v) is 10.7. The summed E-state index contributed by atoms with van der Waals surface area (Å²) < 4.78 is 4.43. The molecule has 1 heterocycles. The zero-order valence-electron chi connectivity index (χ0n) is 8.27. The maximum Gasteiger partial charge on any atom is 0.257 e. The number of nitrogens with one attached hydrogen (secondary N) is 1. The molecular weight excluding hydrogens is 292 g/mol. The van der Waals surface area contributed by atoms with Gasteiger partial charge in [-0.2, -0.15) is 0 Å². The summed E-state index contributed by atoms with van der Waals surface area (Å²) in [6.07, 6.45) is 0. The molecule has 0 atom stereocenters. The summed E-state index contributed by atoms with van der Waals surface area (Å²) in [7, 11) is 0. The van der Waals surface area contributed by atoms with Crippen molar-refractivity contribution in [2.45, 2.75) is 6.92 Å². The van der Waals surface area contributed by atoms with Crippen molar-refractivity contribution >= 4 is 38.5 Å². The molecule has 0 spiro atoms. The van der Waals surface area contributed by atoms with Crippen molar-refractivity contribution in [1.29, 1.82) is 0 Å². The van der Waals surface area contributed by atoms with Crippen LogP contribution in [-0.4, -0.2) is 20.7 Å². The van der Waals surface area contributed by atoms with Gasteiger partial charge in [-0.05, 0) is 29.8 Å². The third kappa shape index (κ3) is 2.42. The van der Waals surface area contributed by atoms with Crippen LogP contribution in [0.3, 0.4) is 0 Å². The SMILES string of the molecule is Cc1ccc(Br)cc1C(=O)Nc1nnns1. The molecule has 0 aliphatic rings. The second-order valence-corrected chi connectivity index (χ2v) is 4.73. The zero-order chi connectivity index (χ0) is 11.5. The first-order valence-electron chi connectivity index (χ1n) is 4.39. The number of carbonyl (C=O) groups excluding carboxylic acids is 1. The summed E-state index contributed by atoms with van der Waals surface area (Å²) in [6, 6.07) is 5.52. The fourth-order valence-corrected chi connectivity index (χ4v) is 1.91. The third-order valence-electron chi connectivity index (χ3n) is 1.96. The van der Waals surface area contributed by atoms with Crippen molar-refractivity contribution in [2.75, 3.05) is 5.32 Å². The number of amides is 1. The number of aryl methyl sites for hydroxylation is 1. The quantitative estimate of drug-likeness (QED) is 0.923. The van der Waals surface area contributed by atoms with Crippen molar-refractivity contribution in [3.05, 3.63) is 33.8 Å². The third-order valence-corrected chi connectivity index (χ3v) is 2.97. The van der Waals surface area contributed by atoms with Crippen LogP contribution in [0.1, 0.15) is 15.9 Å². The molecule has 1 amide bonds. The molecule has 0 radical (unpaired) electrons.